The predicted octanol–water partition coefficient (Wildman–Crippen LogP) is 4.59. The van der Waals surface area contributed by atoms with Gasteiger partial charge in [-0.3, -0.25) is 0 Å². The van der Waals surface area contributed by atoms with E-state index in [4.69, 9.17) is 0 Å². The number of aromatic hydroxyl groups is 2. The highest BCUT2D eigenvalue weighted by Crippen LogP contribution is 2.36. The maximum Gasteiger partial charge on any atom is 0.126 e. The lowest BCUT2D eigenvalue weighted by Gasteiger charge is -2.15. The van der Waals surface area contributed by atoms with Crippen molar-refractivity contribution < 1.29 is 10.2 Å². The SMILES string of the molecule is Cc1cc(O)c(Cc2ccccc2)c(O)c1Cc1ccccc1. The molecule has 0 amide bonds. The molecule has 0 aliphatic heterocycles. The summed E-state index contributed by atoms with van der Waals surface area (Å²) in [4.78, 5) is 0. The van der Waals surface area contributed by atoms with E-state index in [1.807, 2.05) is 67.6 Å². The van der Waals surface area contributed by atoms with Crippen LogP contribution in [0.1, 0.15) is 27.8 Å². The average molecular weight is 304 g/mol. The second-order valence-electron chi connectivity index (χ2n) is 5.84. The van der Waals surface area contributed by atoms with E-state index in [2.05, 4.69) is 0 Å². The predicted molar refractivity (Wildman–Crippen MR) is 93.0 cm³/mol. The van der Waals surface area contributed by atoms with Crippen LogP contribution >= 0.6 is 0 Å². The van der Waals surface area contributed by atoms with E-state index in [0.717, 1.165) is 22.3 Å². The van der Waals surface area contributed by atoms with Crippen LogP contribution in [0.15, 0.2) is 66.7 Å². The van der Waals surface area contributed by atoms with Crippen molar-refractivity contribution in [3.63, 3.8) is 0 Å². The van der Waals surface area contributed by atoms with Gasteiger partial charge in [-0.2, -0.15) is 0 Å². The zero-order valence-electron chi connectivity index (χ0n) is 13.2. The Hall–Kier alpha value is -2.74. The molecule has 0 aliphatic rings. The highest BCUT2D eigenvalue weighted by atomic mass is 16.3. The highest BCUT2D eigenvalue weighted by Gasteiger charge is 2.16. The van der Waals surface area contributed by atoms with Crippen LogP contribution in [0.25, 0.3) is 0 Å². The fraction of sp³-hybridized carbons (Fsp3) is 0.143. The number of rotatable bonds is 4. The van der Waals surface area contributed by atoms with Gasteiger partial charge in [0, 0.05) is 24.0 Å². The Balaban J connectivity index is 1.99. The van der Waals surface area contributed by atoms with E-state index < -0.39 is 0 Å². The van der Waals surface area contributed by atoms with Gasteiger partial charge in [0.05, 0.1) is 0 Å². The van der Waals surface area contributed by atoms with Crippen molar-refractivity contribution in [1.82, 2.24) is 0 Å². The van der Waals surface area contributed by atoms with Crippen LogP contribution in [-0.2, 0) is 12.8 Å². The molecule has 2 nitrogen and oxygen atoms in total. The van der Waals surface area contributed by atoms with Gasteiger partial charge >= 0.3 is 0 Å². The number of benzene rings is 3. The molecule has 116 valence electrons. The fourth-order valence-electron chi connectivity index (χ4n) is 2.87. The number of aryl methyl sites for hydroxylation is 1. The molecule has 2 heteroatoms. The van der Waals surface area contributed by atoms with E-state index in [0.29, 0.717) is 18.4 Å². The number of hydrogen-bond donors (Lipinski definition) is 2. The van der Waals surface area contributed by atoms with Gasteiger partial charge < -0.3 is 10.2 Å². The Morgan fingerprint density at radius 2 is 1.17 bits per heavy atom. The van der Waals surface area contributed by atoms with Crippen LogP contribution < -0.4 is 0 Å². The highest BCUT2D eigenvalue weighted by molar-refractivity contribution is 5.55. The van der Waals surface area contributed by atoms with Crippen LogP contribution in [0.5, 0.6) is 11.5 Å². The van der Waals surface area contributed by atoms with E-state index in [1.165, 1.54) is 0 Å². The summed E-state index contributed by atoms with van der Waals surface area (Å²) in [5, 5.41) is 21.0. The molecule has 0 atom stereocenters. The first-order valence-corrected chi connectivity index (χ1v) is 7.76. The van der Waals surface area contributed by atoms with Crippen LogP contribution in [0.4, 0.5) is 0 Å². The topological polar surface area (TPSA) is 40.5 Å². The molecule has 0 radical (unpaired) electrons. The normalized spacial score (nSPS) is 10.7. The van der Waals surface area contributed by atoms with Gasteiger partial charge in [0.25, 0.3) is 0 Å². The van der Waals surface area contributed by atoms with E-state index in [9.17, 15) is 10.2 Å². The van der Waals surface area contributed by atoms with Crippen LogP contribution in [-0.4, -0.2) is 10.2 Å². The second-order valence-corrected chi connectivity index (χ2v) is 5.84. The molecule has 2 N–H and O–H groups in total. The lowest BCUT2D eigenvalue weighted by atomic mass is 9.93. The molecular formula is C21H20O2. The Kier molecular flexibility index (Phi) is 4.33. The third-order valence-corrected chi connectivity index (χ3v) is 4.16. The maximum atomic E-state index is 10.7. The molecular weight excluding hydrogens is 284 g/mol. The first kappa shape index (κ1) is 15.2. The van der Waals surface area contributed by atoms with Crippen molar-refractivity contribution in [2.45, 2.75) is 19.8 Å². The van der Waals surface area contributed by atoms with Gasteiger partial charge in [-0.15, -0.1) is 0 Å². The van der Waals surface area contributed by atoms with Gasteiger partial charge in [0.1, 0.15) is 11.5 Å². The van der Waals surface area contributed by atoms with Gasteiger partial charge in [-0.05, 0) is 29.7 Å². The number of hydrogen-bond acceptors (Lipinski definition) is 2. The average Bonchev–Trinajstić information content (AvgIpc) is 2.57. The van der Waals surface area contributed by atoms with E-state index in [1.54, 1.807) is 6.07 Å². The molecule has 0 saturated carbocycles. The van der Waals surface area contributed by atoms with Gasteiger partial charge in [0.15, 0.2) is 0 Å². The van der Waals surface area contributed by atoms with Crippen LogP contribution in [0.2, 0.25) is 0 Å². The van der Waals surface area contributed by atoms with Gasteiger partial charge in [-0.1, -0.05) is 60.7 Å². The molecule has 23 heavy (non-hydrogen) atoms. The molecule has 0 saturated heterocycles. The van der Waals surface area contributed by atoms with Gasteiger partial charge in [0.2, 0.25) is 0 Å². The minimum atomic E-state index is 0.153. The lowest BCUT2D eigenvalue weighted by Crippen LogP contribution is -1.98. The Morgan fingerprint density at radius 3 is 1.70 bits per heavy atom. The lowest BCUT2D eigenvalue weighted by molar-refractivity contribution is 0.436. The third-order valence-electron chi connectivity index (χ3n) is 4.16. The van der Waals surface area contributed by atoms with Crippen molar-refractivity contribution in [1.29, 1.82) is 0 Å². The smallest absolute Gasteiger partial charge is 0.126 e. The zero-order valence-corrected chi connectivity index (χ0v) is 13.2. The summed E-state index contributed by atoms with van der Waals surface area (Å²) in [6, 6.07) is 21.7. The quantitative estimate of drug-likeness (QED) is 0.740. The first-order chi connectivity index (χ1) is 11.1. The Labute approximate surface area is 136 Å². The molecule has 0 heterocycles. The monoisotopic (exact) mass is 304 g/mol. The molecule has 0 spiro atoms. The zero-order chi connectivity index (χ0) is 16.2. The van der Waals surface area contributed by atoms with Crippen molar-refractivity contribution in [3.05, 3.63) is 94.5 Å². The van der Waals surface area contributed by atoms with E-state index in [-0.39, 0.29) is 11.5 Å². The summed E-state index contributed by atoms with van der Waals surface area (Å²) in [5.74, 6) is 0.357. The molecule has 0 fully saturated rings. The molecule has 0 aliphatic carbocycles. The van der Waals surface area contributed by atoms with Crippen molar-refractivity contribution in [2.75, 3.05) is 0 Å². The largest absolute Gasteiger partial charge is 0.508 e. The van der Waals surface area contributed by atoms with Gasteiger partial charge in [-0.25, -0.2) is 0 Å². The number of phenols is 2. The molecule has 0 aromatic heterocycles. The standard InChI is InChI=1S/C21H20O2/c1-15-12-20(22)19(14-17-10-6-3-7-11-17)21(23)18(15)13-16-8-4-2-5-9-16/h2-12,22-23H,13-14H2,1H3. The van der Waals surface area contributed by atoms with Crippen molar-refractivity contribution in [3.8, 4) is 11.5 Å². The fourth-order valence-corrected chi connectivity index (χ4v) is 2.87. The summed E-state index contributed by atoms with van der Waals surface area (Å²) >= 11 is 0. The third kappa shape index (κ3) is 3.37. The van der Waals surface area contributed by atoms with Crippen LogP contribution in [0.3, 0.4) is 0 Å². The second kappa shape index (κ2) is 6.57. The minimum absolute atomic E-state index is 0.153. The van der Waals surface area contributed by atoms with Crippen molar-refractivity contribution >= 4 is 0 Å². The Morgan fingerprint density at radius 1 is 0.696 bits per heavy atom. The van der Waals surface area contributed by atoms with E-state index >= 15 is 0 Å². The summed E-state index contributed by atoms with van der Waals surface area (Å²) < 4.78 is 0. The summed E-state index contributed by atoms with van der Waals surface area (Å²) in [6.45, 7) is 1.92. The molecule has 3 aromatic carbocycles. The molecule has 0 unspecified atom stereocenters. The molecule has 3 aromatic rings. The van der Waals surface area contributed by atoms with Crippen molar-refractivity contribution in [2.24, 2.45) is 0 Å². The summed E-state index contributed by atoms with van der Waals surface area (Å²) in [6.07, 6.45) is 1.17. The number of phenolic OH excluding ortho intramolecular Hbond substituents is 2. The minimum Gasteiger partial charge on any atom is -0.508 e. The van der Waals surface area contributed by atoms with Crippen LogP contribution in [0, 0.1) is 6.92 Å². The Bertz CT molecular complexity index is 727. The summed E-state index contributed by atoms with van der Waals surface area (Å²) in [7, 11) is 0. The molecule has 0 bridgehead atoms. The first-order valence-electron chi connectivity index (χ1n) is 7.76. The summed E-state index contributed by atoms with van der Waals surface area (Å²) in [5.41, 5.74) is 4.57. The maximum absolute atomic E-state index is 10.7. The molecule has 3 rings (SSSR count).